The van der Waals surface area contributed by atoms with Crippen LogP contribution in [0.25, 0.3) is 0 Å². The Labute approximate surface area is 178 Å². The number of halogens is 7. The molecule has 1 fully saturated rings. The van der Waals surface area contributed by atoms with Crippen molar-refractivity contribution in [2.45, 2.75) is 44.5 Å². The molecule has 2 aromatic rings. The summed E-state index contributed by atoms with van der Waals surface area (Å²) in [5.74, 6) is -3.36. The Morgan fingerprint density at radius 3 is 2.34 bits per heavy atom. The van der Waals surface area contributed by atoms with Crippen LogP contribution in [0.3, 0.4) is 0 Å². The molecule has 0 unspecified atom stereocenters. The van der Waals surface area contributed by atoms with Gasteiger partial charge in [0.1, 0.15) is 0 Å². The summed E-state index contributed by atoms with van der Waals surface area (Å²) < 4.78 is 93.2. The second-order valence-corrected chi connectivity index (χ2v) is 7.46. The van der Waals surface area contributed by atoms with Gasteiger partial charge in [-0.05, 0) is 30.9 Å². The number of hydrogen-bond donors (Lipinski definition) is 2. The minimum atomic E-state index is -5.05. The van der Waals surface area contributed by atoms with Gasteiger partial charge in [0.05, 0.1) is 16.8 Å². The van der Waals surface area contributed by atoms with E-state index in [0.717, 1.165) is 44.2 Å². The lowest BCUT2D eigenvalue weighted by molar-refractivity contribution is -0.141. The zero-order valence-corrected chi connectivity index (χ0v) is 16.6. The van der Waals surface area contributed by atoms with Crippen LogP contribution in [0.2, 0.25) is 0 Å². The summed E-state index contributed by atoms with van der Waals surface area (Å²) >= 11 is 0. The van der Waals surface area contributed by atoms with Crippen LogP contribution in [0.15, 0.2) is 24.4 Å². The van der Waals surface area contributed by atoms with E-state index in [0.29, 0.717) is 12.3 Å². The molecule has 0 bridgehead atoms. The number of hydrogen-bond acceptors (Lipinski definition) is 4. The zero-order valence-electron chi connectivity index (χ0n) is 16.6. The predicted molar refractivity (Wildman–Crippen MR) is 101 cm³/mol. The second-order valence-electron chi connectivity index (χ2n) is 7.46. The van der Waals surface area contributed by atoms with Crippen LogP contribution in [0.5, 0.6) is 0 Å². The van der Waals surface area contributed by atoms with Crippen LogP contribution in [0.1, 0.15) is 53.7 Å². The molecular weight excluding hydrogens is 445 g/mol. The molecule has 0 atom stereocenters. The van der Waals surface area contributed by atoms with Crippen LogP contribution in [0, 0.1) is 11.7 Å². The molecule has 32 heavy (non-hydrogen) atoms. The quantitative estimate of drug-likeness (QED) is 0.557. The average molecular weight is 464 g/mol. The molecule has 0 saturated heterocycles. The molecule has 5 nitrogen and oxygen atoms in total. The maximum Gasteiger partial charge on any atom is 0.434 e. The fourth-order valence-corrected chi connectivity index (χ4v) is 3.52. The zero-order chi connectivity index (χ0) is 23.5. The van der Waals surface area contributed by atoms with Crippen molar-refractivity contribution in [1.82, 2.24) is 15.3 Å². The molecule has 2 N–H and O–H groups in total. The number of nitrogens with zero attached hydrogens (tertiary/aromatic N) is 2. The number of benzene rings is 1. The molecular formula is C20H19F7N4O. The third kappa shape index (κ3) is 5.65. The minimum Gasteiger partial charge on any atom is -0.352 e. The Balaban J connectivity index is 1.83. The highest BCUT2D eigenvalue weighted by molar-refractivity contribution is 5.95. The highest BCUT2D eigenvalue weighted by Gasteiger charge is 2.39. The van der Waals surface area contributed by atoms with Crippen molar-refractivity contribution in [2.24, 2.45) is 5.92 Å². The monoisotopic (exact) mass is 464 g/mol. The topological polar surface area (TPSA) is 66.9 Å². The Kier molecular flexibility index (Phi) is 6.89. The summed E-state index contributed by atoms with van der Waals surface area (Å²) in [5, 5.41) is 4.48. The molecule has 1 saturated carbocycles. The fraction of sp³-hybridized carbons (Fsp3) is 0.450. The number of aromatic nitrogens is 2. The lowest BCUT2D eigenvalue weighted by Crippen LogP contribution is -2.32. The van der Waals surface area contributed by atoms with Gasteiger partial charge in [0, 0.05) is 12.7 Å². The van der Waals surface area contributed by atoms with E-state index in [-0.39, 0.29) is 12.5 Å². The SMILES string of the molecule is O=C(NCC1CCCCC1)c1cnc(Nc2cccc(C(F)(F)F)c2F)nc1C(F)(F)F. The smallest absolute Gasteiger partial charge is 0.352 e. The van der Waals surface area contributed by atoms with E-state index in [1.807, 2.05) is 5.32 Å². The summed E-state index contributed by atoms with van der Waals surface area (Å²) in [6.07, 6.45) is -4.64. The van der Waals surface area contributed by atoms with Crippen LogP contribution < -0.4 is 10.6 Å². The Morgan fingerprint density at radius 1 is 1.03 bits per heavy atom. The number of nitrogens with one attached hydrogen (secondary N) is 2. The summed E-state index contributed by atoms with van der Waals surface area (Å²) in [5.41, 5.74) is -4.77. The number of carbonyl (C=O) groups is 1. The van der Waals surface area contributed by atoms with Gasteiger partial charge in [-0.3, -0.25) is 4.79 Å². The third-order valence-corrected chi connectivity index (χ3v) is 5.13. The van der Waals surface area contributed by atoms with Crippen molar-refractivity contribution in [3.8, 4) is 0 Å². The van der Waals surface area contributed by atoms with Crippen LogP contribution in [-0.4, -0.2) is 22.4 Å². The normalized spacial score (nSPS) is 15.5. The number of amides is 1. The number of alkyl halides is 6. The number of anilines is 2. The fourth-order valence-electron chi connectivity index (χ4n) is 3.52. The average Bonchev–Trinajstić information content (AvgIpc) is 2.73. The van der Waals surface area contributed by atoms with Gasteiger partial charge in [0.15, 0.2) is 11.5 Å². The van der Waals surface area contributed by atoms with Crippen LogP contribution in [0.4, 0.5) is 42.4 Å². The van der Waals surface area contributed by atoms with Crippen molar-refractivity contribution in [1.29, 1.82) is 0 Å². The summed E-state index contributed by atoms with van der Waals surface area (Å²) in [7, 11) is 0. The van der Waals surface area contributed by atoms with Gasteiger partial charge in [-0.25, -0.2) is 14.4 Å². The predicted octanol–water partition coefficient (Wildman–Crippen LogP) is 5.71. The molecule has 174 valence electrons. The van der Waals surface area contributed by atoms with Gasteiger partial charge >= 0.3 is 12.4 Å². The highest BCUT2D eigenvalue weighted by atomic mass is 19.4. The van der Waals surface area contributed by atoms with Crippen LogP contribution in [-0.2, 0) is 12.4 Å². The van der Waals surface area contributed by atoms with E-state index >= 15 is 0 Å². The van der Waals surface area contributed by atoms with Gasteiger partial charge in [0.2, 0.25) is 5.95 Å². The maximum absolute atomic E-state index is 14.1. The number of rotatable bonds is 5. The van der Waals surface area contributed by atoms with Gasteiger partial charge in [-0.1, -0.05) is 25.3 Å². The van der Waals surface area contributed by atoms with E-state index < -0.39 is 52.5 Å². The van der Waals surface area contributed by atoms with E-state index in [4.69, 9.17) is 0 Å². The molecule has 1 aliphatic carbocycles. The molecule has 0 spiro atoms. The third-order valence-electron chi connectivity index (χ3n) is 5.13. The molecule has 1 aliphatic rings. The lowest BCUT2D eigenvalue weighted by Gasteiger charge is -2.22. The minimum absolute atomic E-state index is 0.174. The van der Waals surface area contributed by atoms with E-state index in [1.165, 1.54) is 0 Å². The molecule has 3 rings (SSSR count). The van der Waals surface area contributed by atoms with Crippen molar-refractivity contribution < 1.29 is 35.5 Å². The van der Waals surface area contributed by atoms with Gasteiger partial charge in [0.25, 0.3) is 5.91 Å². The molecule has 1 heterocycles. The molecule has 1 aromatic heterocycles. The molecule has 1 aromatic carbocycles. The summed E-state index contributed by atoms with van der Waals surface area (Å²) in [6, 6.07) is 2.26. The van der Waals surface area contributed by atoms with Crippen molar-refractivity contribution >= 4 is 17.5 Å². The lowest BCUT2D eigenvalue weighted by atomic mass is 9.89. The second kappa shape index (κ2) is 9.29. The first-order valence-electron chi connectivity index (χ1n) is 9.82. The van der Waals surface area contributed by atoms with Gasteiger partial charge < -0.3 is 10.6 Å². The Morgan fingerprint density at radius 2 is 1.72 bits per heavy atom. The van der Waals surface area contributed by atoms with E-state index in [1.54, 1.807) is 0 Å². The van der Waals surface area contributed by atoms with Crippen molar-refractivity contribution in [3.05, 3.63) is 47.0 Å². The van der Waals surface area contributed by atoms with Crippen molar-refractivity contribution in [3.63, 3.8) is 0 Å². The molecule has 1 amide bonds. The first-order chi connectivity index (χ1) is 15.0. The maximum atomic E-state index is 14.1. The Bertz CT molecular complexity index is 969. The summed E-state index contributed by atoms with van der Waals surface area (Å²) in [4.78, 5) is 19.1. The van der Waals surface area contributed by atoms with Gasteiger partial charge in [-0.15, -0.1) is 0 Å². The molecule has 0 radical (unpaired) electrons. The molecule has 12 heteroatoms. The van der Waals surface area contributed by atoms with Gasteiger partial charge in [-0.2, -0.15) is 26.3 Å². The van der Waals surface area contributed by atoms with Crippen LogP contribution >= 0.6 is 0 Å². The van der Waals surface area contributed by atoms with E-state index in [9.17, 15) is 35.5 Å². The van der Waals surface area contributed by atoms with Crippen molar-refractivity contribution in [2.75, 3.05) is 11.9 Å². The number of carbonyl (C=O) groups excluding carboxylic acids is 1. The molecule has 0 aliphatic heterocycles. The summed E-state index contributed by atoms with van der Waals surface area (Å²) in [6.45, 7) is 0.214. The highest BCUT2D eigenvalue weighted by Crippen LogP contribution is 2.35. The van der Waals surface area contributed by atoms with E-state index in [2.05, 4.69) is 15.3 Å². The Hall–Kier alpha value is -2.92. The first kappa shape index (κ1) is 23.7. The first-order valence-corrected chi connectivity index (χ1v) is 9.82. The largest absolute Gasteiger partial charge is 0.434 e. The standard InChI is InChI=1S/C20H19F7N4O/c21-15-13(19(22,23)24)7-4-8-14(15)30-18-29-10-12(16(31-18)20(25,26)27)17(32)28-9-11-5-2-1-3-6-11/h4,7-8,10-11H,1-3,5-6,9H2,(H,28,32)(H,29,30,31).